The number of hydrogen-bond donors (Lipinski definition) is 3. The number of ether oxygens (including phenoxy) is 1. The molecule has 0 heterocycles. The van der Waals surface area contributed by atoms with Crippen molar-refractivity contribution in [3.05, 3.63) is 60.2 Å². The minimum atomic E-state index is -0.432. The normalized spacial score (nSPS) is 9.89. The van der Waals surface area contributed by atoms with Crippen LogP contribution in [0.15, 0.2) is 54.6 Å². The lowest BCUT2D eigenvalue weighted by Gasteiger charge is -2.11. The third-order valence-corrected chi connectivity index (χ3v) is 3.73. The van der Waals surface area contributed by atoms with E-state index in [-0.39, 0.29) is 36.4 Å². The van der Waals surface area contributed by atoms with Crippen molar-refractivity contribution < 1.29 is 19.1 Å². The number of benzene rings is 2. The second-order valence-corrected chi connectivity index (χ2v) is 6.12. The Kier molecular flexibility index (Phi) is 8.11. The molecule has 2 amide bonds. The first kappa shape index (κ1) is 21.0. The van der Waals surface area contributed by atoms with Crippen molar-refractivity contribution >= 4 is 46.5 Å². The Hall–Kier alpha value is -3.26. The second-order valence-electron chi connectivity index (χ2n) is 5.71. The molecule has 28 heavy (non-hydrogen) atoms. The maximum absolute atomic E-state index is 12.2. The molecule has 0 aliphatic rings. The largest absolute Gasteiger partial charge is 0.466 e. The van der Waals surface area contributed by atoms with Crippen LogP contribution in [-0.4, -0.2) is 29.5 Å². The van der Waals surface area contributed by atoms with Crippen LogP contribution in [-0.2, 0) is 14.3 Å². The predicted molar refractivity (Wildman–Crippen MR) is 111 cm³/mol. The van der Waals surface area contributed by atoms with Crippen LogP contribution < -0.4 is 16.0 Å². The first-order valence-electron chi connectivity index (χ1n) is 8.71. The van der Waals surface area contributed by atoms with Crippen molar-refractivity contribution in [3.63, 3.8) is 0 Å². The lowest BCUT2D eigenvalue weighted by Crippen LogP contribution is -2.34. The molecule has 0 atom stereocenters. The molecule has 146 valence electrons. The van der Waals surface area contributed by atoms with Crippen LogP contribution in [0.5, 0.6) is 0 Å². The van der Waals surface area contributed by atoms with Crippen molar-refractivity contribution in [2.75, 3.05) is 17.2 Å². The Labute approximate surface area is 168 Å². The van der Waals surface area contributed by atoms with Crippen LogP contribution in [0.2, 0.25) is 0 Å². The molecule has 2 aromatic carbocycles. The van der Waals surface area contributed by atoms with Crippen molar-refractivity contribution in [3.8, 4) is 0 Å². The zero-order valence-corrected chi connectivity index (χ0v) is 16.2. The number of hydrogen-bond acceptors (Lipinski definition) is 5. The number of esters is 1. The van der Waals surface area contributed by atoms with E-state index < -0.39 is 5.97 Å². The number of carbonyl (C=O) groups is 3. The monoisotopic (exact) mass is 399 g/mol. The van der Waals surface area contributed by atoms with Crippen molar-refractivity contribution in [2.45, 2.75) is 19.8 Å². The Bertz CT molecular complexity index is 856. The van der Waals surface area contributed by atoms with E-state index in [0.717, 1.165) is 0 Å². The number of nitrogens with one attached hydrogen (secondary N) is 3. The average molecular weight is 399 g/mol. The minimum Gasteiger partial charge on any atom is -0.466 e. The van der Waals surface area contributed by atoms with E-state index in [1.54, 1.807) is 55.5 Å². The summed E-state index contributed by atoms with van der Waals surface area (Å²) in [5.41, 5.74) is 1.72. The molecular weight excluding hydrogens is 378 g/mol. The molecule has 7 nitrogen and oxygen atoms in total. The van der Waals surface area contributed by atoms with E-state index >= 15 is 0 Å². The van der Waals surface area contributed by atoms with Gasteiger partial charge in [-0.1, -0.05) is 24.3 Å². The number of anilines is 2. The molecular formula is C20H21N3O4S. The highest BCUT2D eigenvalue weighted by molar-refractivity contribution is 7.80. The van der Waals surface area contributed by atoms with Crippen LogP contribution in [0, 0.1) is 0 Å². The molecule has 0 saturated carbocycles. The van der Waals surface area contributed by atoms with E-state index in [0.29, 0.717) is 16.9 Å². The van der Waals surface area contributed by atoms with Gasteiger partial charge in [-0.15, -0.1) is 0 Å². The lowest BCUT2D eigenvalue weighted by atomic mass is 10.2. The van der Waals surface area contributed by atoms with Crippen LogP contribution in [0.25, 0.3) is 0 Å². The fraction of sp³-hybridized carbons (Fsp3) is 0.200. The van der Waals surface area contributed by atoms with Gasteiger partial charge in [0.1, 0.15) is 0 Å². The summed E-state index contributed by atoms with van der Waals surface area (Å²) in [5.74, 6) is -1.05. The topological polar surface area (TPSA) is 96.5 Å². The van der Waals surface area contributed by atoms with Crippen LogP contribution in [0.3, 0.4) is 0 Å². The minimum absolute atomic E-state index is 0.0106. The van der Waals surface area contributed by atoms with Gasteiger partial charge in [-0.2, -0.15) is 0 Å². The quantitative estimate of drug-likeness (QED) is 0.489. The Morgan fingerprint density at radius 1 is 0.929 bits per heavy atom. The van der Waals surface area contributed by atoms with E-state index in [1.807, 2.05) is 6.07 Å². The van der Waals surface area contributed by atoms with E-state index in [2.05, 4.69) is 16.0 Å². The Balaban J connectivity index is 1.86. The zero-order chi connectivity index (χ0) is 20.4. The standard InChI is InChI=1S/C20H21N3O4S/c1-2-27-18(25)12-11-17(24)23-20(28)22-16-10-6-9-15(13-16)21-19(26)14-7-4-3-5-8-14/h3-10,13H,2,11-12H2,1H3,(H,21,26)(H2,22,23,24,28). The molecule has 8 heteroatoms. The number of thiocarbonyl (C=S) groups is 1. The molecule has 2 rings (SSSR count). The van der Waals surface area contributed by atoms with Crippen molar-refractivity contribution in [1.29, 1.82) is 0 Å². The summed E-state index contributed by atoms with van der Waals surface area (Å²) in [5, 5.41) is 8.26. The third-order valence-electron chi connectivity index (χ3n) is 3.53. The third kappa shape index (κ3) is 7.16. The van der Waals surface area contributed by atoms with Gasteiger partial charge in [0.25, 0.3) is 5.91 Å². The van der Waals surface area contributed by atoms with Gasteiger partial charge in [-0.25, -0.2) is 0 Å². The molecule has 0 saturated heterocycles. The maximum Gasteiger partial charge on any atom is 0.306 e. The summed E-state index contributed by atoms with van der Waals surface area (Å²) in [7, 11) is 0. The van der Waals surface area contributed by atoms with Crippen LogP contribution in [0.1, 0.15) is 30.1 Å². The summed E-state index contributed by atoms with van der Waals surface area (Å²) in [6, 6.07) is 15.8. The molecule has 0 radical (unpaired) electrons. The number of amides is 2. The molecule has 0 unspecified atom stereocenters. The van der Waals surface area contributed by atoms with Crippen molar-refractivity contribution in [1.82, 2.24) is 5.32 Å². The SMILES string of the molecule is CCOC(=O)CCC(=O)NC(=S)Nc1cccc(NC(=O)c2ccccc2)c1. The van der Waals surface area contributed by atoms with Gasteiger partial charge in [0, 0.05) is 23.4 Å². The van der Waals surface area contributed by atoms with E-state index in [1.165, 1.54) is 0 Å². The first-order chi connectivity index (χ1) is 13.5. The van der Waals surface area contributed by atoms with Gasteiger partial charge >= 0.3 is 5.97 Å². The summed E-state index contributed by atoms with van der Waals surface area (Å²) in [6.45, 7) is 1.98. The van der Waals surface area contributed by atoms with Crippen LogP contribution in [0.4, 0.5) is 11.4 Å². The van der Waals surface area contributed by atoms with Gasteiger partial charge < -0.3 is 20.7 Å². The number of carbonyl (C=O) groups excluding carboxylic acids is 3. The van der Waals surface area contributed by atoms with Crippen molar-refractivity contribution in [2.24, 2.45) is 0 Å². The molecule has 0 bridgehead atoms. The highest BCUT2D eigenvalue weighted by atomic mass is 32.1. The predicted octanol–water partition coefficient (Wildman–Crippen LogP) is 3.10. The Morgan fingerprint density at radius 2 is 1.61 bits per heavy atom. The van der Waals surface area contributed by atoms with Gasteiger partial charge in [0.05, 0.1) is 13.0 Å². The van der Waals surface area contributed by atoms with Gasteiger partial charge in [0.15, 0.2) is 5.11 Å². The smallest absolute Gasteiger partial charge is 0.306 e. The van der Waals surface area contributed by atoms with Gasteiger partial charge in [-0.3, -0.25) is 14.4 Å². The second kappa shape index (κ2) is 10.8. The molecule has 0 aliphatic heterocycles. The molecule has 0 aromatic heterocycles. The molecule has 0 fully saturated rings. The van der Waals surface area contributed by atoms with E-state index in [9.17, 15) is 14.4 Å². The summed E-state index contributed by atoms with van der Waals surface area (Å²) >= 11 is 5.10. The first-order valence-corrected chi connectivity index (χ1v) is 9.11. The highest BCUT2D eigenvalue weighted by Gasteiger charge is 2.10. The lowest BCUT2D eigenvalue weighted by molar-refractivity contribution is -0.144. The van der Waals surface area contributed by atoms with Crippen LogP contribution >= 0.6 is 12.2 Å². The molecule has 2 aromatic rings. The van der Waals surface area contributed by atoms with E-state index in [4.69, 9.17) is 17.0 Å². The fourth-order valence-corrected chi connectivity index (χ4v) is 2.50. The van der Waals surface area contributed by atoms with Gasteiger partial charge in [-0.05, 0) is 49.5 Å². The summed E-state index contributed by atoms with van der Waals surface area (Å²) in [6.07, 6.45) is -0.0306. The fourth-order valence-electron chi connectivity index (χ4n) is 2.27. The number of rotatable bonds is 7. The summed E-state index contributed by atoms with van der Waals surface area (Å²) in [4.78, 5) is 35.3. The zero-order valence-electron chi connectivity index (χ0n) is 15.4. The molecule has 0 spiro atoms. The molecule has 0 aliphatic carbocycles. The average Bonchev–Trinajstić information content (AvgIpc) is 2.67. The highest BCUT2D eigenvalue weighted by Crippen LogP contribution is 2.16. The molecule has 3 N–H and O–H groups in total. The summed E-state index contributed by atoms with van der Waals surface area (Å²) < 4.78 is 4.77. The Morgan fingerprint density at radius 3 is 2.29 bits per heavy atom. The van der Waals surface area contributed by atoms with Gasteiger partial charge in [0.2, 0.25) is 5.91 Å². The maximum atomic E-state index is 12.2.